The number of alkyl halides is 15. The van der Waals surface area contributed by atoms with Gasteiger partial charge in [0.25, 0.3) is 0 Å². The summed E-state index contributed by atoms with van der Waals surface area (Å²) in [6.45, 7) is 1.96. The predicted octanol–water partition coefficient (Wildman–Crippen LogP) is 5.94. The van der Waals surface area contributed by atoms with Crippen LogP contribution in [0, 0.1) is 0 Å². The summed E-state index contributed by atoms with van der Waals surface area (Å²) in [4.78, 5) is 0. The van der Waals surface area contributed by atoms with Crippen molar-refractivity contribution in [3.8, 4) is 0 Å². The lowest BCUT2D eigenvalue weighted by Gasteiger charge is -2.37. The molecule has 0 amide bonds. The molecule has 0 aliphatic heterocycles. The summed E-state index contributed by atoms with van der Waals surface area (Å²) < 4.78 is 188. The molecule has 0 aromatic carbocycles. The van der Waals surface area contributed by atoms with Crippen LogP contribution in [0.2, 0.25) is 0 Å². The van der Waals surface area contributed by atoms with E-state index in [4.69, 9.17) is 0 Å². The highest BCUT2D eigenvalue weighted by atomic mass is 19.4. The lowest BCUT2D eigenvalue weighted by atomic mass is 9.93. The van der Waals surface area contributed by atoms with Crippen LogP contribution >= 0.6 is 0 Å². The van der Waals surface area contributed by atoms with Gasteiger partial charge >= 0.3 is 41.7 Å². The van der Waals surface area contributed by atoms with Gasteiger partial charge in [-0.05, 0) is 6.08 Å². The van der Waals surface area contributed by atoms with Crippen molar-refractivity contribution in [2.45, 2.75) is 48.1 Å². The van der Waals surface area contributed by atoms with Crippen LogP contribution in [-0.2, 0) is 0 Å². The SMILES string of the molecule is C=CC(F)(F)C(F)(F)C(F)(F)CC(F)(F)C(F)(F)C(F)(F)C(F)(F)F. The highest BCUT2D eigenvalue weighted by molar-refractivity contribution is 5.09. The zero-order valence-electron chi connectivity index (χ0n) is 11.2. The van der Waals surface area contributed by atoms with E-state index in [9.17, 15) is 65.9 Å². The molecule has 0 saturated carbocycles. The highest BCUT2D eigenvalue weighted by Crippen LogP contribution is 2.58. The molecule has 0 aliphatic carbocycles. The average molecular weight is 410 g/mol. The summed E-state index contributed by atoms with van der Waals surface area (Å²) in [6.07, 6.45) is -13.0. The van der Waals surface area contributed by atoms with Crippen molar-refractivity contribution in [3.63, 3.8) is 0 Å². The normalized spacial score (nSPS) is 16.1. The average Bonchev–Trinajstić information content (AvgIpc) is 2.35. The van der Waals surface area contributed by atoms with Gasteiger partial charge in [-0.25, -0.2) is 0 Å². The molecule has 150 valence electrons. The van der Waals surface area contributed by atoms with Gasteiger partial charge in [-0.1, -0.05) is 6.58 Å². The first kappa shape index (κ1) is 23.7. The second kappa shape index (κ2) is 5.86. The maximum Gasteiger partial charge on any atom is 0.460 e. The van der Waals surface area contributed by atoms with E-state index in [1.807, 2.05) is 6.58 Å². The molecule has 0 nitrogen and oxygen atoms in total. The van der Waals surface area contributed by atoms with Crippen LogP contribution in [0.25, 0.3) is 0 Å². The van der Waals surface area contributed by atoms with Gasteiger partial charge in [-0.3, -0.25) is 0 Å². The van der Waals surface area contributed by atoms with Crippen LogP contribution in [-0.4, -0.2) is 41.7 Å². The van der Waals surface area contributed by atoms with Gasteiger partial charge in [0.15, 0.2) is 0 Å². The first-order chi connectivity index (χ1) is 10.5. The first-order valence-electron chi connectivity index (χ1n) is 5.49. The Morgan fingerprint density at radius 3 is 1.12 bits per heavy atom. The van der Waals surface area contributed by atoms with Crippen molar-refractivity contribution in [3.05, 3.63) is 12.7 Å². The molecule has 0 rings (SSSR count). The van der Waals surface area contributed by atoms with Crippen LogP contribution in [0.1, 0.15) is 6.42 Å². The van der Waals surface area contributed by atoms with Crippen LogP contribution in [0.4, 0.5) is 65.9 Å². The Morgan fingerprint density at radius 2 is 0.840 bits per heavy atom. The van der Waals surface area contributed by atoms with E-state index in [1.54, 1.807) is 0 Å². The van der Waals surface area contributed by atoms with Gasteiger partial charge < -0.3 is 0 Å². The largest absolute Gasteiger partial charge is 0.460 e. The Morgan fingerprint density at radius 1 is 0.520 bits per heavy atom. The van der Waals surface area contributed by atoms with Gasteiger partial charge in [-0.2, -0.15) is 65.9 Å². The molecule has 0 heterocycles. The van der Waals surface area contributed by atoms with Gasteiger partial charge in [-0.15, -0.1) is 0 Å². The molecule has 0 aliphatic rings. The highest BCUT2D eigenvalue weighted by Gasteiger charge is 2.84. The van der Waals surface area contributed by atoms with E-state index >= 15 is 0 Å². The van der Waals surface area contributed by atoms with E-state index in [2.05, 4.69) is 0 Å². The van der Waals surface area contributed by atoms with E-state index in [0.717, 1.165) is 0 Å². The fourth-order valence-corrected chi connectivity index (χ4v) is 1.28. The van der Waals surface area contributed by atoms with E-state index < -0.39 is 54.2 Å². The van der Waals surface area contributed by atoms with Crippen molar-refractivity contribution in [1.29, 1.82) is 0 Å². The second-order valence-corrected chi connectivity index (χ2v) is 4.63. The molecule has 0 saturated heterocycles. The lowest BCUT2D eigenvalue weighted by Crippen LogP contribution is -2.64. The van der Waals surface area contributed by atoms with Crippen molar-refractivity contribution in [2.24, 2.45) is 0 Å². The smallest absolute Gasteiger partial charge is 0.199 e. The topological polar surface area (TPSA) is 0 Å². The molecule has 0 aromatic rings. The number of rotatable bonds is 7. The van der Waals surface area contributed by atoms with Crippen molar-refractivity contribution in [1.82, 2.24) is 0 Å². The van der Waals surface area contributed by atoms with Gasteiger partial charge in [0.2, 0.25) is 0 Å². The Bertz CT molecular complexity index is 497. The third kappa shape index (κ3) is 3.50. The second-order valence-electron chi connectivity index (χ2n) is 4.63. The number of allylic oxidation sites excluding steroid dienone is 1. The number of hydrogen-bond donors (Lipinski definition) is 0. The molecule has 0 atom stereocenters. The third-order valence-electron chi connectivity index (χ3n) is 2.79. The Balaban J connectivity index is 6.04. The van der Waals surface area contributed by atoms with Crippen LogP contribution in [0.3, 0.4) is 0 Å². The van der Waals surface area contributed by atoms with Crippen LogP contribution < -0.4 is 0 Å². The molecule has 0 aromatic heterocycles. The fourth-order valence-electron chi connectivity index (χ4n) is 1.28. The zero-order valence-corrected chi connectivity index (χ0v) is 11.2. The monoisotopic (exact) mass is 410 g/mol. The first-order valence-corrected chi connectivity index (χ1v) is 5.49. The maximum atomic E-state index is 13.0. The number of halogens is 15. The summed E-state index contributed by atoms with van der Waals surface area (Å²) in [7, 11) is 0. The third-order valence-corrected chi connectivity index (χ3v) is 2.79. The molecule has 25 heavy (non-hydrogen) atoms. The Hall–Kier alpha value is -1.31. The zero-order chi connectivity index (χ0) is 20.9. The molecule has 0 unspecified atom stereocenters. The Labute approximate surface area is 128 Å². The minimum absolute atomic E-state index is 1.18. The summed E-state index contributed by atoms with van der Waals surface area (Å²) in [5.74, 6) is -42.1. The van der Waals surface area contributed by atoms with E-state index in [1.165, 1.54) is 0 Å². The summed E-state index contributed by atoms with van der Waals surface area (Å²) in [5, 5.41) is 0. The predicted molar refractivity (Wildman–Crippen MR) is 50.6 cm³/mol. The van der Waals surface area contributed by atoms with Gasteiger partial charge in [0, 0.05) is 0 Å². The summed E-state index contributed by atoms with van der Waals surface area (Å²) in [6, 6.07) is 0. The summed E-state index contributed by atoms with van der Waals surface area (Å²) in [5.41, 5.74) is 0. The molecule has 0 bridgehead atoms. The van der Waals surface area contributed by atoms with Crippen molar-refractivity contribution < 1.29 is 65.9 Å². The maximum absolute atomic E-state index is 13.0. The Kier molecular flexibility index (Phi) is 5.55. The molecule has 15 heteroatoms. The molecule has 0 radical (unpaired) electrons. The van der Waals surface area contributed by atoms with Gasteiger partial charge in [0.1, 0.15) is 0 Å². The fraction of sp³-hybridized carbons (Fsp3) is 0.800. The van der Waals surface area contributed by atoms with Crippen molar-refractivity contribution >= 4 is 0 Å². The molecular weight excluding hydrogens is 405 g/mol. The minimum Gasteiger partial charge on any atom is -0.199 e. The number of hydrogen-bond acceptors (Lipinski definition) is 0. The van der Waals surface area contributed by atoms with Crippen LogP contribution in [0.15, 0.2) is 12.7 Å². The molecule has 0 N–H and O–H groups in total. The van der Waals surface area contributed by atoms with Gasteiger partial charge in [0.05, 0.1) is 6.42 Å². The lowest BCUT2D eigenvalue weighted by molar-refractivity contribution is -0.407. The van der Waals surface area contributed by atoms with E-state index in [0.29, 0.717) is 0 Å². The molecule has 0 spiro atoms. The van der Waals surface area contributed by atoms with Crippen molar-refractivity contribution in [2.75, 3.05) is 0 Å². The molecule has 0 fully saturated rings. The quantitative estimate of drug-likeness (QED) is 0.360. The van der Waals surface area contributed by atoms with Crippen LogP contribution in [0.5, 0.6) is 0 Å². The molecular formula is C10H5F15. The summed E-state index contributed by atoms with van der Waals surface area (Å²) >= 11 is 0. The minimum atomic E-state index is -7.65. The standard InChI is InChI=1S/C10H5F15/c1-2-4(11,12)7(17,18)5(13,14)3-6(15,16)8(19,20)9(21,22)10(23,24)25/h2H,1,3H2. The van der Waals surface area contributed by atoms with E-state index in [-0.39, 0.29) is 0 Å².